The zero-order valence-corrected chi connectivity index (χ0v) is 71.6. The van der Waals surface area contributed by atoms with E-state index < -0.39 is 0 Å². The Labute approximate surface area is 763 Å². The minimum atomic E-state index is 0.568. The lowest BCUT2D eigenvalue weighted by molar-refractivity contribution is 0.669. The van der Waals surface area contributed by atoms with E-state index in [0.29, 0.717) is 52.4 Å². The lowest BCUT2D eigenvalue weighted by Gasteiger charge is -2.10. The predicted molar refractivity (Wildman–Crippen MR) is 542 cm³/mol. The summed E-state index contributed by atoms with van der Waals surface area (Å²) in [5.41, 5.74) is 22.2. The van der Waals surface area contributed by atoms with Crippen molar-refractivity contribution in [3.05, 3.63) is 455 Å². The molecule has 0 saturated carbocycles. The number of hydrogen-bond acceptors (Lipinski definition) is 12. The molecule has 0 unspecified atom stereocenters. The number of rotatable bonds is 13. The van der Waals surface area contributed by atoms with Crippen molar-refractivity contribution < 1.29 is 13.3 Å². The summed E-state index contributed by atoms with van der Waals surface area (Å²) in [5.74, 6) is 5.46. The Morgan fingerprint density at radius 3 is 0.707 bits per heavy atom. The van der Waals surface area contributed by atoms with E-state index in [-0.39, 0.29) is 0 Å². The molecule has 0 fully saturated rings. The summed E-state index contributed by atoms with van der Waals surface area (Å²) in [4.78, 5) is 44.8. The third kappa shape index (κ3) is 15.4. The van der Waals surface area contributed by atoms with Gasteiger partial charge >= 0.3 is 0 Å². The molecule has 6 aromatic heterocycles. The van der Waals surface area contributed by atoms with Crippen molar-refractivity contribution in [3.63, 3.8) is 0 Å². The van der Waals surface area contributed by atoms with Gasteiger partial charge in [-0.1, -0.05) is 388 Å². The van der Waals surface area contributed by atoms with E-state index in [1.54, 1.807) is 0 Å². The zero-order chi connectivity index (χ0) is 88.1. The van der Waals surface area contributed by atoms with Crippen LogP contribution in [0, 0.1) is 0 Å². The monoisotopic (exact) mass is 1700 g/mol. The van der Waals surface area contributed by atoms with Crippen molar-refractivity contribution in [1.29, 1.82) is 0 Å². The normalized spacial score (nSPS) is 11.5. The zero-order valence-electron chi connectivity index (χ0n) is 71.6. The second-order valence-corrected chi connectivity index (χ2v) is 33.1. The molecule has 26 aromatic rings. The molecule has 26 rings (SSSR count). The summed E-state index contributed by atoms with van der Waals surface area (Å²) in [7, 11) is 0. The van der Waals surface area contributed by atoms with Crippen molar-refractivity contribution in [2.24, 2.45) is 0 Å². The minimum Gasteiger partial charge on any atom is -0.456 e. The average molecular weight is 1700 g/mol. The van der Waals surface area contributed by atoms with Crippen LogP contribution in [-0.2, 0) is 0 Å². The largest absolute Gasteiger partial charge is 0.456 e. The van der Waals surface area contributed by atoms with Crippen LogP contribution in [0.4, 0.5) is 0 Å². The van der Waals surface area contributed by atoms with Gasteiger partial charge in [0.2, 0.25) is 0 Å². The Morgan fingerprint density at radius 2 is 0.353 bits per heavy atom. The molecule has 0 radical (unpaired) electrons. The Morgan fingerprint density at radius 1 is 0.120 bits per heavy atom. The molecule has 20 aromatic carbocycles. The van der Waals surface area contributed by atoms with Gasteiger partial charge in [0.05, 0.1) is 11.1 Å². The number of nitrogens with zero attached hydrogens (tertiary/aromatic N) is 9. The molecule has 133 heavy (non-hydrogen) atoms. The first-order valence-corrected chi connectivity index (χ1v) is 44.3. The van der Waals surface area contributed by atoms with Crippen LogP contribution in [0.15, 0.2) is 468 Å². The second kappa shape index (κ2) is 33.9. The van der Waals surface area contributed by atoms with E-state index >= 15 is 0 Å². The van der Waals surface area contributed by atoms with Crippen LogP contribution in [0.3, 0.4) is 0 Å². The van der Waals surface area contributed by atoms with Crippen LogP contribution >= 0.6 is 0 Å². The molecule has 0 aliphatic rings. The van der Waals surface area contributed by atoms with E-state index in [4.69, 9.17) is 58.1 Å². The molecule has 0 spiro atoms. The van der Waals surface area contributed by atoms with E-state index in [1.807, 2.05) is 115 Å². The first kappa shape index (κ1) is 78.4. The summed E-state index contributed by atoms with van der Waals surface area (Å²) >= 11 is 0. The summed E-state index contributed by atoms with van der Waals surface area (Å²) < 4.78 is 19.4. The number of furan rings is 3. The number of aromatic nitrogens is 9. The fourth-order valence-electron chi connectivity index (χ4n) is 17.9. The fraction of sp³-hybridized carbons (Fsp3) is 0. The number of benzene rings is 20. The summed E-state index contributed by atoms with van der Waals surface area (Å²) in [5, 5.41) is 15.9. The summed E-state index contributed by atoms with van der Waals surface area (Å²) in [6.45, 7) is 0. The lowest BCUT2D eigenvalue weighted by atomic mass is 10.00. The van der Waals surface area contributed by atoms with Gasteiger partial charge in [0.25, 0.3) is 0 Å². The van der Waals surface area contributed by atoms with Gasteiger partial charge in [-0.2, -0.15) is 0 Å². The lowest BCUT2D eigenvalue weighted by Crippen LogP contribution is -2.00. The molecule has 0 amide bonds. The third-order valence-corrected chi connectivity index (χ3v) is 24.8. The number of para-hydroxylation sites is 2. The van der Waals surface area contributed by atoms with Gasteiger partial charge in [0, 0.05) is 71.3 Å². The Bertz CT molecular complexity index is 8800. The maximum Gasteiger partial charge on any atom is 0.167 e. The van der Waals surface area contributed by atoms with Crippen molar-refractivity contribution in [2.45, 2.75) is 0 Å². The molecule has 0 saturated heterocycles. The predicted octanol–water partition coefficient (Wildman–Crippen LogP) is 31.6. The maximum atomic E-state index is 6.57. The van der Waals surface area contributed by atoms with Gasteiger partial charge < -0.3 is 13.3 Å². The van der Waals surface area contributed by atoms with Gasteiger partial charge in [-0.15, -0.1) is 0 Å². The molecule has 622 valence electrons. The first-order valence-electron chi connectivity index (χ1n) is 44.3. The fourth-order valence-corrected chi connectivity index (χ4v) is 17.9. The van der Waals surface area contributed by atoms with Gasteiger partial charge in [-0.3, -0.25) is 0 Å². The Kier molecular flexibility index (Phi) is 20.0. The standard InChI is InChI=1S/C43H27N3O.C41H25N3O.C37H23N3O/c1-3-10-28(11-4-1)30-18-22-32(23-19-30)41-44-42(33-24-20-31(21-25-33)29-12-5-2-6-13-29)46-43(45-41)37-17-9-16-36-38-26-34-14-7-8-15-35(34)27-39(38)47-40(36)37;1-2-9-28(10-3-1)39-42-40(29-17-14-27(15-18-29)33-19-16-26-8-4-5-11-30(26)22-33)44-41(43-39)34-20-21-35-36-23-31-12-6-7-13-32(31)24-38(36)45-37(35)25-34;1-3-10-24(11-4-1)25-18-20-27(21-19-25)36-38-35(26-12-5-2-6-13-26)39-37(40-36)31-17-9-16-30-32-22-28-14-7-8-15-29(28)23-33(32)41-34(30)31/h1-27H;1-25H;1-23H. The van der Waals surface area contributed by atoms with Gasteiger partial charge in [-0.25, -0.2) is 44.9 Å². The van der Waals surface area contributed by atoms with Gasteiger partial charge in [-0.05, 0) is 154 Å². The second-order valence-electron chi connectivity index (χ2n) is 33.1. The van der Waals surface area contributed by atoms with Crippen LogP contribution in [0.5, 0.6) is 0 Å². The SMILES string of the molecule is c1ccc(-c2ccc(-c3nc(-c4ccc(-c5ccccc5)cc4)nc(-c4cccc5c4oc4cc6ccccc6cc45)n3)cc2)cc1.c1ccc(-c2ccc(-c3nc(-c4ccccc4)nc(-c4cccc5c4oc4cc6ccccc6cc45)n3)cc2)cc1.c1ccc(-c2nc(-c3ccc(-c4ccc5ccccc5c4)cc3)nc(-c3ccc4c(c3)oc3cc5ccccc5cc34)n2)cc1. The highest BCUT2D eigenvalue weighted by Gasteiger charge is 2.23. The summed E-state index contributed by atoms with van der Waals surface area (Å²) in [6.07, 6.45) is 0. The number of hydrogen-bond donors (Lipinski definition) is 0. The highest BCUT2D eigenvalue weighted by Crippen LogP contribution is 2.43. The van der Waals surface area contributed by atoms with Crippen LogP contribution in [0.2, 0.25) is 0 Å². The van der Waals surface area contributed by atoms with E-state index in [1.165, 1.54) is 49.2 Å². The third-order valence-electron chi connectivity index (χ3n) is 24.8. The van der Waals surface area contributed by atoms with Crippen molar-refractivity contribution in [1.82, 2.24) is 44.9 Å². The van der Waals surface area contributed by atoms with Crippen LogP contribution in [0.1, 0.15) is 0 Å². The van der Waals surface area contributed by atoms with E-state index in [0.717, 1.165) is 154 Å². The number of fused-ring (bicyclic) bond motifs is 13. The van der Waals surface area contributed by atoms with Crippen molar-refractivity contribution in [3.8, 4) is 147 Å². The topological polar surface area (TPSA) is 155 Å². The van der Waals surface area contributed by atoms with Crippen LogP contribution in [-0.4, -0.2) is 44.9 Å². The van der Waals surface area contributed by atoms with E-state index in [9.17, 15) is 0 Å². The molecule has 0 aliphatic heterocycles. The average Bonchev–Trinajstić information content (AvgIpc) is 1.61. The minimum absolute atomic E-state index is 0.568. The molecule has 0 N–H and O–H groups in total. The highest BCUT2D eigenvalue weighted by molar-refractivity contribution is 6.15. The molecule has 0 bridgehead atoms. The van der Waals surface area contributed by atoms with Crippen LogP contribution in [0.25, 0.3) is 256 Å². The smallest absolute Gasteiger partial charge is 0.167 e. The van der Waals surface area contributed by atoms with Crippen molar-refractivity contribution >= 4 is 109 Å². The Hall–Kier alpha value is -18.1. The maximum absolute atomic E-state index is 6.57. The molecular formula is C121H75N9O3. The van der Waals surface area contributed by atoms with Crippen LogP contribution < -0.4 is 0 Å². The molecule has 0 aliphatic carbocycles. The molecule has 0 atom stereocenters. The molecule has 6 heterocycles. The van der Waals surface area contributed by atoms with Gasteiger partial charge in [0.15, 0.2) is 52.4 Å². The molecular weight excluding hydrogens is 1630 g/mol. The highest BCUT2D eigenvalue weighted by atomic mass is 16.3. The summed E-state index contributed by atoms with van der Waals surface area (Å²) in [6, 6.07) is 156. The Balaban J connectivity index is 0.000000110. The first-order chi connectivity index (χ1) is 65.8. The van der Waals surface area contributed by atoms with E-state index in [2.05, 4.69) is 340 Å². The van der Waals surface area contributed by atoms with Crippen molar-refractivity contribution in [2.75, 3.05) is 0 Å². The molecule has 12 heteroatoms. The molecule has 12 nitrogen and oxygen atoms in total. The quantitative estimate of drug-likeness (QED) is 0.108. The van der Waals surface area contributed by atoms with Gasteiger partial charge in [0.1, 0.15) is 33.5 Å².